The van der Waals surface area contributed by atoms with Gasteiger partial charge in [0.25, 0.3) is 0 Å². The van der Waals surface area contributed by atoms with Crippen LogP contribution >= 0.6 is 0 Å². The first-order valence-electron chi connectivity index (χ1n) is 6.96. The van der Waals surface area contributed by atoms with E-state index in [2.05, 4.69) is 10.3 Å². The van der Waals surface area contributed by atoms with Crippen molar-refractivity contribution in [1.82, 2.24) is 5.32 Å². The number of methoxy groups -OCH3 is 1. The zero-order valence-electron chi connectivity index (χ0n) is 12.5. The predicted octanol–water partition coefficient (Wildman–Crippen LogP) is 2.19. The summed E-state index contributed by atoms with van der Waals surface area (Å²) in [5.74, 6) is 0.684. The van der Waals surface area contributed by atoms with Crippen LogP contribution < -0.4 is 5.32 Å². The Kier molecular flexibility index (Phi) is 4.12. The van der Waals surface area contributed by atoms with E-state index in [0.717, 1.165) is 5.56 Å². The third kappa shape index (κ3) is 2.69. The van der Waals surface area contributed by atoms with Crippen molar-refractivity contribution < 1.29 is 9.53 Å². The van der Waals surface area contributed by atoms with E-state index in [1.165, 1.54) is 0 Å². The Morgan fingerprint density at radius 3 is 2.55 bits per heavy atom. The van der Waals surface area contributed by atoms with Gasteiger partial charge in [0.2, 0.25) is 11.8 Å². The van der Waals surface area contributed by atoms with E-state index < -0.39 is 5.54 Å². The van der Waals surface area contributed by atoms with Gasteiger partial charge in [-0.25, -0.2) is 4.99 Å². The van der Waals surface area contributed by atoms with Gasteiger partial charge in [0.05, 0.1) is 7.11 Å². The zero-order chi connectivity index (χ0) is 14.8. The van der Waals surface area contributed by atoms with Gasteiger partial charge in [0.1, 0.15) is 11.6 Å². The smallest absolute Gasteiger partial charge is 0.248 e. The number of rotatable bonds is 3. The van der Waals surface area contributed by atoms with Gasteiger partial charge in [-0.3, -0.25) is 4.79 Å². The summed E-state index contributed by atoms with van der Waals surface area (Å²) >= 11 is 0. The fourth-order valence-electron chi connectivity index (χ4n) is 2.29. The first-order valence-corrected chi connectivity index (χ1v) is 6.96. The number of aliphatic imine (C=N–C) groups is 1. The first kappa shape index (κ1) is 14.6. The second kappa shape index (κ2) is 5.65. The fourth-order valence-corrected chi connectivity index (χ4v) is 2.29. The average Bonchev–Trinajstić information content (AvgIpc) is 2.43. The van der Waals surface area contributed by atoms with Gasteiger partial charge in [-0.15, -0.1) is 0 Å². The third-order valence-corrected chi connectivity index (χ3v) is 4.02. The van der Waals surface area contributed by atoms with E-state index in [0.29, 0.717) is 12.3 Å². The van der Waals surface area contributed by atoms with Gasteiger partial charge in [0.15, 0.2) is 0 Å². The highest BCUT2D eigenvalue weighted by molar-refractivity contribution is 5.98. The maximum absolute atomic E-state index is 12.3. The first-order chi connectivity index (χ1) is 9.47. The van der Waals surface area contributed by atoms with Crippen molar-refractivity contribution >= 4 is 11.8 Å². The lowest BCUT2D eigenvalue weighted by Gasteiger charge is -2.36. The number of ether oxygens (including phenoxy) is 1. The molecule has 0 aliphatic carbocycles. The van der Waals surface area contributed by atoms with Gasteiger partial charge in [0, 0.05) is 6.42 Å². The van der Waals surface area contributed by atoms with Crippen molar-refractivity contribution in [2.24, 2.45) is 10.9 Å². The molecule has 20 heavy (non-hydrogen) atoms. The third-order valence-electron chi connectivity index (χ3n) is 4.02. The van der Waals surface area contributed by atoms with Crippen molar-refractivity contribution in [2.75, 3.05) is 7.11 Å². The molecule has 2 atom stereocenters. The number of amides is 1. The molecule has 2 rings (SSSR count). The molecule has 1 aliphatic heterocycles. The number of nitrogens with zero attached hydrogens (tertiary/aromatic N) is 1. The lowest BCUT2D eigenvalue weighted by Crippen LogP contribution is -2.58. The highest BCUT2D eigenvalue weighted by Crippen LogP contribution is 2.26. The van der Waals surface area contributed by atoms with E-state index in [4.69, 9.17) is 4.74 Å². The number of carbonyl (C=O) groups excluding carboxylic acids is 1. The topological polar surface area (TPSA) is 50.7 Å². The number of nitrogens with one attached hydrogen (secondary N) is 1. The highest BCUT2D eigenvalue weighted by Gasteiger charge is 2.43. The van der Waals surface area contributed by atoms with E-state index >= 15 is 0 Å². The van der Waals surface area contributed by atoms with Crippen LogP contribution in [0.1, 0.15) is 26.3 Å². The summed E-state index contributed by atoms with van der Waals surface area (Å²) in [5, 5.41) is 3.04. The molecule has 0 saturated carbocycles. The Balaban J connectivity index is 2.26. The summed E-state index contributed by atoms with van der Waals surface area (Å²) in [7, 11) is 1.61. The Labute approximate surface area is 120 Å². The summed E-state index contributed by atoms with van der Waals surface area (Å²) in [4.78, 5) is 16.9. The molecule has 0 saturated heterocycles. The fraction of sp³-hybridized carbons (Fsp3) is 0.500. The van der Waals surface area contributed by atoms with Gasteiger partial charge in [-0.2, -0.15) is 0 Å². The maximum Gasteiger partial charge on any atom is 0.248 e. The second-order valence-corrected chi connectivity index (χ2v) is 5.67. The minimum atomic E-state index is -0.751. The van der Waals surface area contributed by atoms with Crippen molar-refractivity contribution in [2.45, 2.75) is 38.8 Å². The predicted molar refractivity (Wildman–Crippen MR) is 79.8 cm³/mol. The molecule has 0 unspecified atom stereocenters. The van der Waals surface area contributed by atoms with Crippen molar-refractivity contribution in [1.29, 1.82) is 0 Å². The molecule has 1 aliphatic rings. The average molecular weight is 274 g/mol. The van der Waals surface area contributed by atoms with Crippen molar-refractivity contribution in [3.8, 4) is 0 Å². The molecule has 108 valence electrons. The van der Waals surface area contributed by atoms with E-state index in [9.17, 15) is 4.79 Å². The quantitative estimate of drug-likeness (QED) is 0.918. The largest absolute Gasteiger partial charge is 0.483 e. The van der Waals surface area contributed by atoms with Crippen LogP contribution in [0, 0.1) is 5.92 Å². The molecule has 1 heterocycles. The monoisotopic (exact) mass is 274 g/mol. The molecule has 0 fully saturated rings. The van der Waals surface area contributed by atoms with Gasteiger partial charge < -0.3 is 10.1 Å². The summed E-state index contributed by atoms with van der Waals surface area (Å²) in [6.45, 7) is 5.84. The molecular weight excluding hydrogens is 252 g/mol. The minimum absolute atomic E-state index is 0.0331. The van der Waals surface area contributed by atoms with Crippen LogP contribution in [0.3, 0.4) is 0 Å². The number of carbonyl (C=O) groups is 1. The van der Waals surface area contributed by atoms with E-state index in [1.807, 2.05) is 51.1 Å². The van der Waals surface area contributed by atoms with Crippen LogP contribution in [0.2, 0.25) is 0 Å². The molecule has 1 N–H and O–H groups in total. The maximum atomic E-state index is 12.3. The van der Waals surface area contributed by atoms with E-state index in [1.54, 1.807) is 7.11 Å². The molecule has 0 aromatic heterocycles. The van der Waals surface area contributed by atoms with Crippen molar-refractivity contribution in [3.05, 3.63) is 35.9 Å². The molecule has 4 heteroatoms. The molecule has 1 amide bonds. The summed E-state index contributed by atoms with van der Waals surface area (Å²) in [6, 6.07) is 9.83. The second-order valence-electron chi connectivity index (χ2n) is 5.67. The number of hydrogen-bond acceptors (Lipinski definition) is 3. The summed E-state index contributed by atoms with van der Waals surface area (Å²) in [5.41, 5.74) is 0.397. The molecular formula is C16H22N2O2. The Bertz CT molecular complexity index is 510. The zero-order valence-corrected chi connectivity index (χ0v) is 12.5. The Morgan fingerprint density at radius 1 is 1.35 bits per heavy atom. The van der Waals surface area contributed by atoms with Gasteiger partial charge in [-0.05, 0) is 18.4 Å². The lowest BCUT2D eigenvalue weighted by molar-refractivity contribution is -0.128. The number of hydrogen-bond donors (Lipinski definition) is 1. The lowest BCUT2D eigenvalue weighted by atomic mass is 9.86. The SMILES string of the molecule is COC1=N[C@@](C)(C(C)C)C(=O)N[C@@H]1Cc1ccccc1. The van der Waals surface area contributed by atoms with Gasteiger partial charge >= 0.3 is 0 Å². The Morgan fingerprint density at radius 2 is 2.00 bits per heavy atom. The van der Waals surface area contributed by atoms with Crippen LogP contribution in [0.4, 0.5) is 0 Å². The molecule has 1 aromatic carbocycles. The highest BCUT2D eigenvalue weighted by atomic mass is 16.5. The van der Waals surface area contributed by atoms with Crippen LogP contribution in [0.15, 0.2) is 35.3 Å². The molecule has 1 aromatic rings. The standard InChI is InChI=1S/C16H22N2O2/c1-11(2)16(3)15(19)17-13(14(18-16)20-4)10-12-8-6-5-7-9-12/h5-9,11,13H,10H2,1-4H3,(H,17,19)/t13-,16+/m1/s1. The summed E-state index contributed by atoms with van der Waals surface area (Å²) < 4.78 is 5.41. The Hall–Kier alpha value is -1.84. The molecule has 0 radical (unpaired) electrons. The molecule has 0 bridgehead atoms. The minimum Gasteiger partial charge on any atom is -0.483 e. The van der Waals surface area contributed by atoms with Crippen LogP contribution in [-0.2, 0) is 16.0 Å². The summed E-state index contributed by atoms with van der Waals surface area (Å²) in [6.07, 6.45) is 0.688. The van der Waals surface area contributed by atoms with Gasteiger partial charge in [-0.1, -0.05) is 44.2 Å². The van der Waals surface area contributed by atoms with Crippen LogP contribution in [0.5, 0.6) is 0 Å². The van der Waals surface area contributed by atoms with Crippen LogP contribution in [0.25, 0.3) is 0 Å². The molecule has 0 spiro atoms. The normalized spacial score (nSPS) is 26.1. The number of benzene rings is 1. The van der Waals surface area contributed by atoms with Crippen LogP contribution in [-0.4, -0.2) is 30.5 Å². The molecule has 4 nitrogen and oxygen atoms in total. The van der Waals surface area contributed by atoms with Crippen molar-refractivity contribution in [3.63, 3.8) is 0 Å². The van der Waals surface area contributed by atoms with E-state index in [-0.39, 0.29) is 17.9 Å².